The van der Waals surface area contributed by atoms with E-state index in [1.165, 1.54) is 40.6 Å². The van der Waals surface area contributed by atoms with E-state index in [0.717, 1.165) is 11.1 Å². The van der Waals surface area contributed by atoms with E-state index in [-0.39, 0.29) is 154 Å². The van der Waals surface area contributed by atoms with Gasteiger partial charge >= 0.3 is 12.1 Å². The van der Waals surface area contributed by atoms with Crippen molar-refractivity contribution in [3.63, 3.8) is 0 Å². The fourth-order valence-electron chi connectivity index (χ4n) is 14.1. The summed E-state index contributed by atoms with van der Waals surface area (Å²) in [7, 11) is 9.21. The number of amides is 7. The standard InChI is InChI=1S/C83H121N7O18S2/c1-19-53(8)77(69(104-17)46-73(98)89-40-23-27-65(89)79(105-18)56(11)66(92)43-54(9)78(100)60-25-21-20-22-26-60)87(15)81(102)64(50(2)3)45-68(94)76(52(6)7)88(16)82(103)107-49-58-29-33-61(34-30-58)85-80(101)55(10)44-67(93)75(51(4)5)86-70(95)39-42-109-110-83(13,14)47-62(91)48-84-57(12)59-31-35-63(36-32-59)106-41-24-28-74(99)108-90-71(96)37-38-72(90)97/h20-22,25-26,29-36,50-56,64-65,69,75-79,100H,19,23-24,27-28,37-49H2,1-18H3,(H,85,101)(H,86,95)/t53-,54-,55+,56-,64-,65-,69+,75-,76-,77-,78+,79+/m0/s1. The minimum absolute atomic E-state index is 0.0176. The summed E-state index contributed by atoms with van der Waals surface area (Å²) in [6, 6.07) is 20.3. The molecule has 0 bridgehead atoms. The number of likely N-dealkylation sites (N-methyl/N-ethyl adjacent to an activating group) is 2. The van der Waals surface area contributed by atoms with Crippen LogP contribution in [-0.4, -0.2) is 196 Å². The number of likely N-dealkylation sites (tertiary alicyclic amines) is 1. The normalized spacial score (nSPS) is 17.1. The van der Waals surface area contributed by atoms with Crippen LogP contribution in [0.3, 0.4) is 0 Å². The summed E-state index contributed by atoms with van der Waals surface area (Å²) in [4.78, 5) is 175. The zero-order chi connectivity index (χ0) is 81.9. The van der Waals surface area contributed by atoms with E-state index in [2.05, 4.69) is 15.6 Å². The molecule has 0 saturated carbocycles. The summed E-state index contributed by atoms with van der Waals surface area (Å²) < 4.78 is 23.1. The maximum Gasteiger partial charge on any atom is 0.410 e. The van der Waals surface area contributed by atoms with Crippen molar-refractivity contribution in [2.45, 2.75) is 234 Å². The molecule has 2 saturated heterocycles. The Kier molecular flexibility index (Phi) is 37.9. The summed E-state index contributed by atoms with van der Waals surface area (Å²) in [5.41, 5.74) is 3.22. The van der Waals surface area contributed by atoms with Crippen LogP contribution in [0.25, 0.3) is 0 Å². The molecule has 0 radical (unpaired) electrons. The van der Waals surface area contributed by atoms with Crippen molar-refractivity contribution in [3.8, 4) is 5.75 Å². The van der Waals surface area contributed by atoms with E-state index in [1.54, 1.807) is 67.3 Å². The number of aliphatic imine (C=N–C) groups is 1. The number of Topliss-reactive ketones (excluding diaryl/α,β-unsaturated/α-hetero) is 4. The molecule has 2 heterocycles. The van der Waals surface area contributed by atoms with Gasteiger partial charge in [-0.05, 0) is 123 Å². The van der Waals surface area contributed by atoms with Crippen LogP contribution in [0, 0.1) is 47.3 Å². The van der Waals surface area contributed by atoms with Gasteiger partial charge in [-0.2, -0.15) is 0 Å². The molecule has 25 nitrogen and oxygen atoms in total. The Balaban J connectivity index is 1.05. The van der Waals surface area contributed by atoms with Crippen molar-refractivity contribution < 1.29 is 86.4 Å². The van der Waals surface area contributed by atoms with Gasteiger partial charge in [0.1, 0.15) is 18.1 Å². The third kappa shape index (κ3) is 28.1. The Morgan fingerprint density at radius 1 is 0.736 bits per heavy atom. The van der Waals surface area contributed by atoms with E-state index < -0.39 is 88.7 Å². The summed E-state index contributed by atoms with van der Waals surface area (Å²) in [5.74, 6) is -6.27. The lowest BCUT2D eigenvalue weighted by atomic mass is 9.83. The van der Waals surface area contributed by atoms with E-state index in [9.17, 15) is 62.6 Å². The number of carbonyl (C=O) groups is 12. The van der Waals surface area contributed by atoms with Gasteiger partial charge in [-0.15, -0.1) is 5.06 Å². The van der Waals surface area contributed by atoms with Crippen LogP contribution in [-0.2, 0) is 78.4 Å². The zero-order valence-electron chi connectivity index (χ0n) is 67.8. The number of hydroxylamine groups is 2. The molecular formula is C83H121N7O18S2. The number of rotatable bonds is 47. The maximum absolute atomic E-state index is 14.9. The Labute approximate surface area is 658 Å². The molecule has 3 aromatic carbocycles. The lowest BCUT2D eigenvalue weighted by Crippen LogP contribution is -2.54. The minimum atomic E-state index is -0.951. The monoisotopic (exact) mass is 1570 g/mol. The number of methoxy groups -OCH3 is 2. The van der Waals surface area contributed by atoms with Crippen molar-refractivity contribution in [2.24, 2.45) is 52.3 Å². The van der Waals surface area contributed by atoms with Gasteiger partial charge in [-0.3, -0.25) is 52.9 Å². The minimum Gasteiger partial charge on any atom is -0.494 e. The molecule has 5 rings (SSSR count). The Morgan fingerprint density at radius 3 is 1.97 bits per heavy atom. The van der Waals surface area contributed by atoms with Gasteiger partial charge in [0, 0.05) is 119 Å². The number of imide groups is 1. The fraction of sp³-hybridized carbons (Fsp3) is 0.627. The Bertz CT molecular complexity index is 3600. The number of carbonyl (C=O) groups excluding carboxylic acids is 12. The molecule has 0 aromatic heterocycles. The molecule has 2 aliphatic rings. The smallest absolute Gasteiger partial charge is 0.410 e. The molecule has 12 atom stereocenters. The lowest BCUT2D eigenvalue weighted by molar-refractivity contribution is -0.197. The number of hydrogen-bond donors (Lipinski definition) is 3. The summed E-state index contributed by atoms with van der Waals surface area (Å²) >= 11 is 0. The average molecular weight is 1570 g/mol. The molecule has 7 amide bonds. The summed E-state index contributed by atoms with van der Waals surface area (Å²) in [5, 5.41) is 17.3. The van der Waals surface area contributed by atoms with Crippen molar-refractivity contribution in [2.75, 3.05) is 59.1 Å². The molecule has 110 heavy (non-hydrogen) atoms. The van der Waals surface area contributed by atoms with Crippen LogP contribution >= 0.6 is 21.6 Å². The van der Waals surface area contributed by atoms with Gasteiger partial charge in [-0.1, -0.05) is 147 Å². The van der Waals surface area contributed by atoms with Crippen molar-refractivity contribution >= 4 is 104 Å². The van der Waals surface area contributed by atoms with Gasteiger partial charge in [0.2, 0.25) is 23.6 Å². The van der Waals surface area contributed by atoms with Gasteiger partial charge in [0.25, 0.3) is 11.8 Å². The number of ketones is 4. The van der Waals surface area contributed by atoms with E-state index >= 15 is 0 Å². The molecular weight excluding hydrogens is 1450 g/mol. The van der Waals surface area contributed by atoms with Crippen LogP contribution in [0.15, 0.2) is 83.9 Å². The topological polar surface area (TPSA) is 321 Å². The predicted molar refractivity (Wildman–Crippen MR) is 425 cm³/mol. The van der Waals surface area contributed by atoms with Crippen molar-refractivity contribution in [3.05, 3.63) is 95.6 Å². The highest BCUT2D eigenvalue weighted by Crippen LogP contribution is 2.39. The number of aliphatic hydroxyl groups is 1. The summed E-state index contributed by atoms with van der Waals surface area (Å²) in [6.07, 6.45) is -0.471. The number of anilines is 1. The predicted octanol–water partition coefficient (Wildman–Crippen LogP) is 12.2. The molecule has 0 spiro atoms. The number of nitrogens with zero attached hydrogens (tertiary/aromatic N) is 5. The Hall–Kier alpha value is -7.85. The van der Waals surface area contributed by atoms with Crippen LogP contribution < -0.4 is 15.4 Å². The number of hydrogen-bond acceptors (Lipinski definition) is 21. The largest absolute Gasteiger partial charge is 0.494 e. The van der Waals surface area contributed by atoms with Gasteiger partial charge in [-0.25, -0.2) is 9.59 Å². The second kappa shape index (κ2) is 45.0. The lowest BCUT2D eigenvalue weighted by Gasteiger charge is -2.41. The van der Waals surface area contributed by atoms with Crippen molar-refractivity contribution in [1.29, 1.82) is 0 Å². The van der Waals surface area contributed by atoms with Crippen LogP contribution in [0.1, 0.15) is 203 Å². The number of aliphatic hydroxyl groups excluding tert-OH is 1. The highest BCUT2D eigenvalue weighted by molar-refractivity contribution is 8.77. The SMILES string of the molecule is CC[C@H](C)[C@@H]([C@@H](CC(=O)N1CCC[C@H]1[C@H](OC)[C@@H](C)C(=O)C[C@H](C)[C@@H](O)c1ccccc1)OC)N(C)C(=O)[C@@H](CC(=O)[C@H](C(C)C)N(C)C(=O)OCc1ccc(NC(=O)[C@H](C)CC(=O)[C@@H](NC(=O)CCSSC(C)(C)CC(=O)CN=C(C)c2ccc(OCCCC(=O)ON3C(=O)CCC3=O)cc2)C(C)C)cc1)C(C)C. The first-order valence-corrected chi connectivity index (χ1v) is 40.9. The number of nitrogens with one attached hydrogen (secondary N) is 2. The van der Waals surface area contributed by atoms with E-state index in [4.69, 9.17) is 23.8 Å². The third-order valence-corrected chi connectivity index (χ3v) is 24.0. The quantitative estimate of drug-likeness (QED) is 0.0205. The molecule has 0 unspecified atom stereocenters. The first-order chi connectivity index (χ1) is 51.9. The van der Waals surface area contributed by atoms with E-state index in [1.807, 2.05) is 132 Å². The first-order valence-electron chi connectivity index (χ1n) is 38.6. The van der Waals surface area contributed by atoms with Gasteiger partial charge in [0.15, 0.2) is 17.3 Å². The maximum atomic E-state index is 14.9. The second-order valence-electron chi connectivity index (χ2n) is 31.1. The second-order valence-corrected chi connectivity index (χ2v) is 34.2. The number of ether oxygens (including phenoxy) is 4. The molecule has 3 N–H and O–H groups in total. The first kappa shape index (κ1) is 92.8. The molecule has 2 fully saturated rings. The zero-order valence-corrected chi connectivity index (χ0v) is 69.5. The highest BCUT2D eigenvalue weighted by atomic mass is 33.1. The summed E-state index contributed by atoms with van der Waals surface area (Å²) in [6.45, 7) is 26.5. The molecule has 608 valence electrons. The average Bonchev–Trinajstić information content (AvgIpc) is 1.13. The Morgan fingerprint density at radius 2 is 1.38 bits per heavy atom. The van der Waals surface area contributed by atoms with Gasteiger partial charge in [0.05, 0.1) is 68.5 Å². The molecule has 0 aliphatic carbocycles. The third-order valence-electron chi connectivity index (χ3n) is 20.7. The van der Waals surface area contributed by atoms with Crippen LogP contribution in [0.5, 0.6) is 5.75 Å². The van der Waals surface area contributed by atoms with E-state index in [0.29, 0.717) is 65.8 Å². The molecule has 3 aromatic rings. The van der Waals surface area contributed by atoms with Gasteiger partial charge < -0.3 is 54.2 Å². The highest BCUT2D eigenvalue weighted by Gasteiger charge is 2.44. The van der Waals surface area contributed by atoms with Crippen molar-refractivity contribution in [1.82, 2.24) is 25.1 Å². The molecule has 2 aliphatic heterocycles. The molecule has 27 heteroatoms. The fourth-order valence-corrected chi connectivity index (χ4v) is 16.6. The van der Waals surface area contributed by atoms with Crippen LogP contribution in [0.4, 0.5) is 10.5 Å². The van der Waals surface area contributed by atoms with Crippen LogP contribution in [0.2, 0.25) is 0 Å². The number of benzene rings is 3.